The summed E-state index contributed by atoms with van der Waals surface area (Å²) in [6, 6.07) is 10.3. The van der Waals surface area contributed by atoms with Crippen LogP contribution < -0.4 is 10.6 Å². The zero-order valence-corrected chi connectivity index (χ0v) is 14.8. The molecule has 6 heteroatoms. The number of aromatic nitrogens is 1. The average Bonchev–Trinajstić information content (AvgIpc) is 3.12. The van der Waals surface area contributed by atoms with Crippen LogP contribution in [0.1, 0.15) is 41.3 Å². The smallest absolute Gasteiger partial charge is 0.273 e. The van der Waals surface area contributed by atoms with E-state index in [1.54, 1.807) is 0 Å². The zero-order valence-electron chi connectivity index (χ0n) is 14.0. The van der Waals surface area contributed by atoms with Crippen molar-refractivity contribution in [3.8, 4) is 0 Å². The molecular formula is C18H24N4OS. The summed E-state index contributed by atoms with van der Waals surface area (Å²) in [5.74, 6) is 0.0221. The van der Waals surface area contributed by atoms with Crippen molar-refractivity contribution in [3.05, 3.63) is 46.4 Å². The summed E-state index contributed by atoms with van der Waals surface area (Å²) in [5.41, 5.74) is 7.85. The Hall–Kier alpha value is -1.92. The minimum atomic E-state index is -0.0588. The molecular weight excluding hydrogens is 320 g/mol. The van der Waals surface area contributed by atoms with Crippen molar-refractivity contribution in [1.29, 1.82) is 0 Å². The van der Waals surface area contributed by atoms with Gasteiger partial charge in [-0.3, -0.25) is 4.79 Å². The van der Waals surface area contributed by atoms with Crippen LogP contribution in [0.15, 0.2) is 35.7 Å². The van der Waals surface area contributed by atoms with Gasteiger partial charge in [-0.05, 0) is 18.6 Å². The molecule has 1 saturated heterocycles. The van der Waals surface area contributed by atoms with Crippen LogP contribution in [0, 0.1) is 0 Å². The number of anilines is 1. The Kier molecular flexibility index (Phi) is 5.48. The van der Waals surface area contributed by atoms with Crippen molar-refractivity contribution < 1.29 is 4.79 Å². The molecule has 0 saturated carbocycles. The number of carbonyl (C=O) groups is 1. The number of nitrogens with zero attached hydrogens (tertiary/aromatic N) is 3. The topological polar surface area (TPSA) is 62.5 Å². The van der Waals surface area contributed by atoms with Gasteiger partial charge in [0, 0.05) is 37.2 Å². The molecule has 1 atom stereocenters. The highest BCUT2D eigenvalue weighted by Crippen LogP contribution is 2.22. The van der Waals surface area contributed by atoms with Gasteiger partial charge in [0.2, 0.25) is 0 Å². The van der Waals surface area contributed by atoms with Gasteiger partial charge in [-0.2, -0.15) is 0 Å². The number of carbonyl (C=O) groups excluding carboxylic acids is 1. The van der Waals surface area contributed by atoms with Crippen molar-refractivity contribution in [2.24, 2.45) is 5.73 Å². The Labute approximate surface area is 147 Å². The molecule has 1 aromatic heterocycles. The first-order valence-corrected chi connectivity index (χ1v) is 9.37. The van der Waals surface area contributed by atoms with Crippen LogP contribution in [-0.4, -0.2) is 42.0 Å². The molecule has 1 fully saturated rings. The van der Waals surface area contributed by atoms with E-state index in [2.05, 4.69) is 28.9 Å². The summed E-state index contributed by atoms with van der Waals surface area (Å²) in [4.78, 5) is 21.3. The molecule has 24 heavy (non-hydrogen) atoms. The van der Waals surface area contributed by atoms with Gasteiger partial charge in [-0.15, -0.1) is 11.3 Å². The molecule has 0 bridgehead atoms. The van der Waals surface area contributed by atoms with Gasteiger partial charge in [0.15, 0.2) is 0 Å². The second-order valence-electron chi connectivity index (χ2n) is 6.08. The fourth-order valence-electron chi connectivity index (χ4n) is 2.96. The lowest BCUT2D eigenvalue weighted by molar-refractivity contribution is 0.0741. The third kappa shape index (κ3) is 3.76. The molecule has 1 aliphatic heterocycles. The summed E-state index contributed by atoms with van der Waals surface area (Å²) in [7, 11) is 0. The molecule has 1 amide bonds. The predicted octanol–water partition coefficient (Wildman–Crippen LogP) is 2.91. The Bertz CT molecular complexity index is 665. The number of para-hydroxylation sites is 1. The molecule has 3 rings (SSSR count). The van der Waals surface area contributed by atoms with Crippen LogP contribution in [0.5, 0.6) is 0 Å². The van der Waals surface area contributed by atoms with Gasteiger partial charge >= 0.3 is 0 Å². The van der Waals surface area contributed by atoms with E-state index in [1.807, 2.05) is 28.5 Å². The fourth-order valence-corrected chi connectivity index (χ4v) is 3.79. The highest BCUT2D eigenvalue weighted by atomic mass is 32.1. The maximum Gasteiger partial charge on any atom is 0.273 e. The quantitative estimate of drug-likeness (QED) is 0.906. The van der Waals surface area contributed by atoms with Gasteiger partial charge < -0.3 is 15.5 Å². The first-order valence-electron chi connectivity index (χ1n) is 8.49. The van der Waals surface area contributed by atoms with Crippen molar-refractivity contribution in [1.82, 2.24) is 9.88 Å². The number of benzene rings is 1. The fraction of sp³-hybridized carbons (Fsp3) is 0.444. The monoisotopic (exact) mass is 344 g/mol. The number of hydrogen-bond acceptors (Lipinski definition) is 5. The van der Waals surface area contributed by atoms with E-state index in [1.165, 1.54) is 17.0 Å². The molecule has 2 heterocycles. The molecule has 1 aliphatic rings. The third-order valence-corrected chi connectivity index (χ3v) is 5.32. The molecule has 0 aliphatic carbocycles. The average molecular weight is 344 g/mol. The van der Waals surface area contributed by atoms with E-state index in [4.69, 9.17) is 5.73 Å². The lowest BCUT2D eigenvalue weighted by Crippen LogP contribution is -2.48. The molecule has 128 valence electrons. The highest BCUT2D eigenvalue weighted by molar-refractivity contribution is 7.09. The Balaban J connectivity index is 1.59. The Morgan fingerprint density at radius 3 is 2.62 bits per heavy atom. The molecule has 1 unspecified atom stereocenters. The van der Waals surface area contributed by atoms with Crippen LogP contribution >= 0.6 is 11.3 Å². The molecule has 1 aromatic carbocycles. The number of piperazine rings is 1. The third-order valence-electron chi connectivity index (χ3n) is 4.35. The summed E-state index contributed by atoms with van der Waals surface area (Å²) in [6.07, 6.45) is 1.92. The van der Waals surface area contributed by atoms with E-state index in [0.29, 0.717) is 5.69 Å². The van der Waals surface area contributed by atoms with Gasteiger partial charge in [-0.25, -0.2) is 4.98 Å². The number of amides is 1. The van der Waals surface area contributed by atoms with Crippen molar-refractivity contribution in [2.45, 2.75) is 25.8 Å². The van der Waals surface area contributed by atoms with Gasteiger partial charge in [0.05, 0.1) is 6.04 Å². The number of nitrogens with two attached hydrogens (primary N) is 1. The Morgan fingerprint density at radius 2 is 1.96 bits per heavy atom. The van der Waals surface area contributed by atoms with Crippen molar-refractivity contribution in [2.75, 3.05) is 31.1 Å². The summed E-state index contributed by atoms with van der Waals surface area (Å²) in [6.45, 7) is 5.25. The van der Waals surface area contributed by atoms with E-state index in [0.717, 1.165) is 44.0 Å². The zero-order chi connectivity index (χ0) is 16.9. The summed E-state index contributed by atoms with van der Waals surface area (Å²) < 4.78 is 0. The lowest BCUT2D eigenvalue weighted by Gasteiger charge is -2.35. The summed E-state index contributed by atoms with van der Waals surface area (Å²) >= 11 is 1.49. The first-order chi connectivity index (χ1) is 11.7. The molecule has 0 radical (unpaired) electrons. The second-order valence-corrected chi connectivity index (χ2v) is 6.97. The van der Waals surface area contributed by atoms with Crippen molar-refractivity contribution in [3.63, 3.8) is 0 Å². The predicted molar refractivity (Wildman–Crippen MR) is 98.5 cm³/mol. The SMILES string of the molecule is CCCC(N)c1nc(C(=O)N2CCN(c3ccccc3)CC2)cs1. The van der Waals surface area contributed by atoms with Crippen LogP contribution in [0.4, 0.5) is 5.69 Å². The normalized spacial score (nSPS) is 16.2. The number of thiazole rings is 1. The minimum absolute atomic E-state index is 0.0221. The molecule has 0 spiro atoms. The maximum absolute atomic E-state index is 12.6. The van der Waals surface area contributed by atoms with Crippen LogP contribution in [0.2, 0.25) is 0 Å². The van der Waals surface area contributed by atoms with E-state index in [-0.39, 0.29) is 11.9 Å². The van der Waals surface area contributed by atoms with Crippen LogP contribution in [0.3, 0.4) is 0 Å². The van der Waals surface area contributed by atoms with Crippen LogP contribution in [-0.2, 0) is 0 Å². The summed E-state index contributed by atoms with van der Waals surface area (Å²) in [5, 5.41) is 2.71. The first kappa shape index (κ1) is 16.9. The molecule has 2 N–H and O–H groups in total. The standard InChI is InChI=1S/C18H24N4OS/c1-2-6-15(19)17-20-16(13-24-17)18(23)22-11-9-21(10-12-22)14-7-4-3-5-8-14/h3-5,7-8,13,15H,2,6,9-12,19H2,1H3. The number of rotatable bonds is 5. The van der Waals surface area contributed by atoms with E-state index < -0.39 is 0 Å². The van der Waals surface area contributed by atoms with Crippen molar-refractivity contribution >= 4 is 22.9 Å². The largest absolute Gasteiger partial charge is 0.368 e. The molecule has 5 nitrogen and oxygen atoms in total. The van der Waals surface area contributed by atoms with E-state index in [9.17, 15) is 4.79 Å². The molecule has 2 aromatic rings. The lowest BCUT2D eigenvalue weighted by atomic mass is 10.2. The van der Waals surface area contributed by atoms with Crippen LogP contribution in [0.25, 0.3) is 0 Å². The minimum Gasteiger partial charge on any atom is -0.368 e. The maximum atomic E-state index is 12.6. The highest BCUT2D eigenvalue weighted by Gasteiger charge is 2.24. The number of hydrogen-bond donors (Lipinski definition) is 1. The van der Waals surface area contributed by atoms with Gasteiger partial charge in [0.25, 0.3) is 5.91 Å². The second kappa shape index (κ2) is 7.77. The van der Waals surface area contributed by atoms with E-state index >= 15 is 0 Å². The Morgan fingerprint density at radius 1 is 1.25 bits per heavy atom. The van der Waals surface area contributed by atoms with Gasteiger partial charge in [0.1, 0.15) is 10.7 Å². The van der Waals surface area contributed by atoms with Gasteiger partial charge in [-0.1, -0.05) is 31.5 Å².